The summed E-state index contributed by atoms with van der Waals surface area (Å²) in [4.78, 5) is 15.5. The van der Waals surface area contributed by atoms with Crippen molar-refractivity contribution in [1.82, 2.24) is 4.98 Å². The van der Waals surface area contributed by atoms with E-state index in [1.54, 1.807) is 7.11 Å². The van der Waals surface area contributed by atoms with Crippen molar-refractivity contribution in [2.24, 2.45) is 11.7 Å². The van der Waals surface area contributed by atoms with Crippen molar-refractivity contribution < 1.29 is 9.53 Å². The third-order valence-corrected chi connectivity index (χ3v) is 4.61. The third kappa shape index (κ3) is 4.52. The quantitative estimate of drug-likeness (QED) is 0.825. The molecule has 26 heavy (non-hydrogen) atoms. The molecule has 1 unspecified atom stereocenters. The van der Waals surface area contributed by atoms with Crippen LogP contribution in [-0.2, 0) is 11.2 Å². The van der Waals surface area contributed by atoms with Crippen LogP contribution in [0.2, 0.25) is 5.02 Å². The van der Waals surface area contributed by atoms with Gasteiger partial charge in [0.25, 0.3) is 0 Å². The second kappa shape index (κ2) is 8.19. The van der Waals surface area contributed by atoms with Crippen molar-refractivity contribution in [3.63, 3.8) is 0 Å². The van der Waals surface area contributed by atoms with E-state index in [0.29, 0.717) is 23.2 Å². The second-order valence-electron chi connectivity index (χ2n) is 6.39. The van der Waals surface area contributed by atoms with E-state index >= 15 is 0 Å². The maximum atomic E-state index is 11.0. The Morgan fingerprint density at radius 3 is 2.88 bits per heavy atom. The number of benzene rings is 1. The molecule has 0 fully saturated rings. The summed E-state index contributed by atoms with van der Waals surface area (Å²) in [5.41, 5.74) is 9.27. The molecule has 2 aromatic rings. The lowest BCUT2D eigenvalue weighted by molar-refractivity contribution is -0.117. The van der Waals surface area contributed by atoms with Crippen molar-refractivity contribution in [2.75, 3.05) is 7.11 Å². The fourth-order valence-corrected chi connectivity index (χ4v) is 3.32. The van der Waals surface area contributed by atoms with Crippen molar-refractivity contribution in [3.05, 3.63) is 70.9 Å². The molecular formula is C21H21ClN2O2. The Morgan fingerprint density at radius 1 is 1.38 bits per heavy atom. The van der Waals surface area contributed by atoms with Crippen LogP contribution in [0, 0.1) is 5.92 Å². The topological polar surface area (TPSA) is 65.2 Å². The van der Waals surface area contributed by atoms with Gasteiger partial charge >= 0.3 is 0 Å². The Kier molecular flexibility index (Phi) is 5.74. The minimum atomic E-state index is -0.301. The van der Waals surface area contributed by atoms with Gasteiger partial charge in [-0.3, -0.25) is 4.79 Å². The molecule has 2 N–H and O–H groups in total. The first kappa shape index (κ1) is 18.2. The number of allylic oxidation sites excluding steroid dienone is 3. The third-order valence-electron chi connectivity index (χ3n) is 4.38. The molecule has 1 heterocycles. The normalized spacial score (nSPS) is 16.2. The van der Waals surface area contributed by atoms with Crippen LogP contribution in [0.1, 0.15) is 18.4 Å². The van der Waals surface area contributed by atoms with Gasteiger partial charge in [0, 0.05) is 16.8 Å². The fourth-order valence-electron chi connectivity index (χ4n) is 3.13. The molecule has 3 rings (SSSR count). The molecule has 1 aromatic carbocycles. The smallest absolute Gasteiger partial charge is 0.221 e. The monoisotopic (exact) mass is 368 g/mol. The number of nitrogens with two attached hydrogens (primary N) is 1. The number of ether oxygens (including phenoxy) is 1. The average molecular weight is 369 g/mol. The van der Waals surface area contributed by atoms with Crippen molar-refractivity contribution in [1.29, 1.82) is 0 Å². The number of pyridine rings is 1. The number of primary amides is 1. The molecular weight excluding hydrogens is 348 g/mol. The number of nitrogens with zero attached hydrogens (tertiary/aromatic N) is 1. The summed E-state index contributed by atoms with van der Waals surface area (Å²) < 4.78 is 5.41. The lowest BCUT2D eigenvalue weighted by atomic mass is 9.90. The van der Waals surface area contributed by atoms with Gasteiger partial charge in [-0.15, -0.1) is 0 Å². The summed E-state index contributed by atoms with van der Waals surface area (Å²) in [6.45, 7) is 0. The molecule has 0 spiro atoms. The van der Waals surface area contributed by atoms with Gasteiger partial charge in [0.1, 0.15) is 0 Å². The van der Waals surface area contributed by atoms with E-state index in [-0.39, 0.29) is 5.91 Å². The highest BCUT2D eigenvalue weighted by molar-refractivity contribution is 6.30. The summed E-state index contributed by atoms with van der Waals surface area (Å²) in [7, 11) is 1.62. The lowest BCUT2D eigenvalue weighted by Gasteiger charge is -2.17. The molecule has 5 heteroatoms. The predicted molar refractivity (Wildman–Crippen MR) is 104 cm³/mol. The van der Waals surface area contributed by atoms with Gasteiger partial charge < -0.3 is 10.5 Å². The Hall–Kier alpha value is -2.59. The number of methoxy groups -OCH3 is 1. The zero-order valence-corrected chi connectivity index (χ0v) is 15.4. The van der Waals surface area contributed by atoms with E-state index in [2.05, 4.69) is 23.2 Å². The van der Waals surface area contributed by atoms with Crippen LogP contribution in [0.15, 0.2) is 60.3 Å². The van der Waals surface area contributed by atoms with E-state index in [0.717, 1.165) is 35.1 Å². The Labute approximate surface area is 158 Å². The molecule has 1 aliphatic rings. The van der Waals surface area contributed by atoms with Crippen LogP contribution in [0.25, 0.3) is 11.1 Å². The number of amides is 1. The number of carbonyl (C=O) groups is 1. The number of rotatable bonds is 6. The minimum absolute atomic E-state index is 0.298. The van der Waals surface area contributed by atoms with Gasteiger partial charge in [-0.25, -0.2) is 4.98 Å². The Bertz CT molecular complexity index is 874. The second-order valence-corrected chi connectivity index (χ2v) is 6.83. The van der Waals surface area contributed by atoms with Crippen molar-refractivity contribution >= 4 is 17.5 Å². The van der Waals surface area contributed by atoms with Crippen molar-refractivity contribution in [2.45, 2.75) is 19.3 Å². The summed E-state index contributed by atoms with van der Waals surface area (Å²) >= 11 is 6.13. The van der Waals surface area contributed by atoms with E-state index in [1.807, 2.05) is 36.5 Å². The van der Waals surface area contributed by atoms with Gasteiger partial charge in [-0.2, -0.15) is 0 Å². The number of aromatic nitrogens is 1. The lowest BCUT2D eigenvalue weighted by Crippen LogP contribution is -2.12. The van der Waals surface area contributed by atoms with E-state index < -0.39 is 0 Å². The molecule has 0 bridgehead atoms. The maximum absolute atomic E-state index is 11.0. The van der Waals surface area contributed by atoms with Crippen molar-refractivity contribution in [3.8, 4) is 17.0 Å². The van der Waals surface area contributed by atoms with Crippen LogP contribution in [0.5, 0.6) is 5.88 Å². The molecule has 1 atom stereocenters. The van der Waals surface area contributed by atoms with Gasteiger partial charge in [-0.05, 0) is 53.7 Å². The molecule has 0 aliphatic heterocycles. The maximum Gasteiger partial charge on any atom is 0.221 e. The van der Waals surface area contributed by atoms with E-state index in [9.17, 15) is 4.79 Å². The summed E-state index contributed by atoms with van der Waals surface area (Å²) in [5.74, 6) is 0.651. The van der Waals surface area contributed by atoms with Crippen LogP contribution >= 0.6 is 11.6 Å². The van der Waals surface area contributed by atoms with Crippen LogP contribution < -0.4 is 10.5 Å². The standard InChI is InChI=1S/C21H21ClN2O2/c1-26-21-19(17-3-2-4-18(22)12-17)10-16(13-24-21)9-14-5-7-15(8-6-14)11-20(23)25/h2-5,7-8,10,12-14H,6,9,11H2,1H3,(H2,23,25). The van der Waals surface area contributed by atoms with Gasteiger partial charge in [-0.1, -0.05) is 42.0 Å². The van der Waals surface area contributed by atoms with E-state index in [4.69, 9.17) is 22.1 Å². The average Bonchev–Trinajstić information content (AvgIpc) is 2.63. The SMILES string of the molecule is COc1ncc(CC2C=CC(CC(N)=O)=CC2)cc1-c1cccc(Cl)c1. The number of hydrogen-bond donors (Lipinski definition) is 1. The van der Waals surface area contributed by atoms with Gasteiger partial charge in [0.05, 0.1) is 13.5 Å². The van der Waals surface area contributed by atoms with Gasteiger partial charge in [0.15, 0.2) is 0 Å². The summed E-state index contributed by atoms with van der Waals surface area (Å²) in [6, 6.07) is 9.77. The molecule has 0 saturated carbocycles. The number of carbonyl (C=O) groups excluding carboxylic acids is 1. The molecule has 0 radical (unpaired) electrons. The number of hydrogen-bond acceptors (Lipinski definition) is 3. The zero-order valence-electron chi connectivity index (χ0n) is 14.6. The van der Waals surface area contributed by atoms with Crippen LogP contribution in [0.3, 0.4) is 0 Å². The largest absolute Gasteiger partial charge is 0.481 e. The minimum Gasteiger partial charge on any atom is -0.481 e. The first-order valence-electron chi connectivity index (χ1n) is 8.49. The first-order chi connectivity index (χ1) is 12.5. The van der Waals surface area contributed by atoms with E-state index in [1.165, 1.54) is 0 Å². The predicted octanol–water partition coefficient (Wildman–Crippen LogP) is 4.33. The van der Waals surface area contributed by atoms with Gasteiger partial charge in [0.2, 0.25) is 11.8 Å². The zero-order chi connectivity index (χ0) is 18.5. The Morgan fingerprint density at radius 2 is 2.23 bits per heavy atom. The fraction of sp³-hybridized carbons (Fsp3) is 0.238. The summed E-state index contributed by atoms with van der Waals surface area (Å²) in [5, 5.41) is 0.678. The van der Waals surface area contributed by atoms with Crippen LogP contribution in [0.4, 0.5) is 0 Å². The molecule has 4 nitrogen and oxygen atoms in total. The highest BCUT2D eigenvalue weighted by Crippen LogP contribution is 2.32. The molecule has 0 saturated heterocycles. The highest BCUT2D eigenvalue weighted by Gasteiger charge is 2.14. The van der Waals surface area contributed by atoms with Crippen LogP contribution in [-0.4, -0.2) is 18.0 Å². The Balaban J connectivity index is 1.78. The molecule has 1 aromatic heterocycles. The molecule has 134 valence electrons. The molecule has 1 aliphatic carbocycles. The first-order valence-corrected chi connectivity index (χ1v) is 8.87. The number of halogens is 1. The molecule has 1 amide bonds. The highest BCUT2D eigenvalue weighted by atomic mass is 35.5. The summed E-state index contributed by atoms with van der Waals surface area (Å²) in [6.07, 6.45) is 10.1.